The predicted octanol–water partition coefficient (Wildman–Crippen LogP) is 3.53. The van der Waals surface area contributed by atoms with Gasteiger partial charge in [-0.25, -0.2) is 0 Å². The summed E-state index contributed by atoms with van der Waals surface area (Å²) in [6, 6.07) is 26.5. The molecule has 1 aliphatic rings. The summed E-state index contributed by atoms with van der Waals surface area (Å²) in [5.74, 6) is -1.34. The summed E-state index contributed by atoms with van der Waals surface area (Å²) in [5, 5.41) is 11.2. The molecule has 27 heavy (non-hydrogen) atoms. The largest absolute Gasteiger partial charge is 0.369 e. The Balaban J connectivity index is 1.94. The third-order valence-electron chi connectivity index (χ3n) is 4.65. The standard InChI is InChI=1S/C23H17NO3/c25-21-16-20(17-10-4-1-5-11-17)24(19-14-8-3-9-15-19)22(26)23(21,27)18-12-6-2-7-13-18/h1-16,27H. The van der Waals surface area contributed by atoms with Gasteiger partial charge in [-0.05, 0) is 17.7 Å². The summed E-state index contributed by atoms with van der Waals surface area (Å²) in [5.41, 5.74) is -0.255. The number of rotatable bonds is 3. The van der Waals surface area contributed by atoms with Gasteiger partial charge in [0.05, 0.1) is 5.70 Å². The molecule has 0 bridgehead atoms. The topological polar surface area (TPSA) is 57.6 Å². The second-order valence-corrected chi connectivity index (χ2v) is 6.31. The molecule has 0 fully saturated rings. The van der Waals surface area contributed by atoms with Crippen molar-refractivity contribution in [2.45, 2.75) is 5.60 Å². The number of hydrogen-bond acceptors (Lipinski definition) is 3. The highest BCUT2D eigenvalue weighted by atomic mass is 16.3. The molecule has 1 aliphatic heterocycles. The number of hydrogen-bond donors (Lipinski definition) is 1. The van der Waals surface area contributed by atoms with Crippen LogP contribution in [0.15, 0.2) is 97.1 Å². The van der Waals surface area contributed by atoms with E-state index in [1.165, 1.54) is 11.0 Å². The van der Waals surface area contributed by atoms with Gasteiger partial charge >= 0.3 is 0 Å². The summed E-state index contributed by atoms with van der Waals surface area (Å²) in [6.07, 6.45) is 1.34. The number of nitrogens with zero attached hydrogens (tertiary/aromatic N) is 1. The lowest BCUT2D eigenvalue weighted by atomic mass is 9.83. The summed E-state index contributed by atoms with van der Waals surface area (Å²) >= 11 is 0. The Kier molecular flexibility index (Phi) is 4.18. The van der Waals surface area contributed by atoms with Crippen molar-refractivity contribution in [1.29, 1.82) is 0 Å². The van der Waals surface area contributed by atoms with E-state index in [0.29, 0.717) is 11.4 Å². The average Bonchev–Trinajstić information content (AvgIpc) is 2.73. The lowest BCUT2D eigenvalue weighted by Crippen LogP contribution is -2.54. The van der Waals surface area contributed by atoms with Crippen LogP contribution >= 0.6 is 0 Å². The summed E-state index contributed by atoms with van der Waals surface area (Å²) < 4.78 is 0. The normalized spacial score (nSPS) is 19.7. The molecule has 4 heteroatoms. The van der Waals surface area contributed by atoms with E-state index in [2.05, 4.69) is 0 Å². The maximum absolute atomic E-state index is 13.5. The van der Waals surface area contributed by atoms with Crippen LogP contribution in [0.3, 0.4) is 0 Å². The Morgan fingerprint density at radius 2 is 1.22 bits per heavy atom. The number of ketones is 1. The van der Waals surface area contributed by atoms with Crippen LogP contribution in [0.1, 0.15) is 11.1 Å². The van der Waals surface area contributed by atoms with E-state index in [-0.39, 0.29) is 5.56 Å². The Bertz CT molecular complexity index is 1010. The molecule has 1 atom stereocenters. The Hall–Kier alpha value is -3.50. The van der Waals surface area contributed by atoms with Gasteiger partial charge in [0.25, 0.3) is 5.91 Å². The fourth-order valence-electron chi connectivity index (χ4n) is 3.27. The van der Waals surface area contributed by atoms with Crippen molar-refractivity contribution in [3.8, 4) is 0 Å². The van der Waals surface area contributed by atoms with Crippen LogP contribution in [0, 0.1) is 0 Å². The first kappa shape index (κ1) is 16.9. The zero-order valence-electron chi connectivity index (χ0n) is 14.4. The minimum absolute atomic E-state index is 0.254. The van der Waals surface area contributed by atoms with E-state index in [0.717, 1.165) is 5.56 Å². The maximum Gasteiger partial charge on any atom is 0.276 e. The van der Waals surface area contributed by atoms with Gasteiger partial charge in [0.2, 0.25) is 11.4 Å². The van der Waals surface area contributed by atoms with Crippen molar-refractivity contribution in [2.75, 3.05) is 4.90 Å². The minimum Gasteiger partial charge on any atom is -0.369 e. The van der Waals surface area contributed by atoms with Gasteiger partial charge in [-0.1, -0.05) is 78.9 Å². The van der Waals surface area contributed by atoms with E-state index in [1.54, 1.807) is 42.5 Å². The second kappa shape index (κ2) is 6.67. The molecule has 132 valence electrons. The van der Waals surface area contributed by atoms with Gasteiger partial charge in [-0.3, -0.25) is 14.5 Å². The number of carbonyl (C=O) groups is 2. The zero-order valence-corrected chi connectivity index (χ0v) is 14.4. The molecule has 0 aromatic heterocycles. The van der Waals surface area contributed by atoms with Crippen LogP contribution in [0.4, 0.5) is 5.69 Å². The zero-order chi connectivity index (χ0) is 18.9. The third-order valence-corrected chi connectivity index (χ3v) is 4.65. The van der Waals surface area contributed by atoms with Crippen LogP contribution in [0.5, 0.6) is 0 Å². The van der Waals surface area contributed by atoms with Crippen molar-refractivity contribution in [3.05, 3.63) is 108 Å². The van der Waals surface area contributed by atoms with Gasteiger partial charge in [0, 0.05) is 17.3 Å². The highest BCUT2D eigenvalue weighted by Gasteiger charge is 2.51. The first-order valence-corrected chi connectivity index (χ1v) is 8.61. The Morgan fingerprint density at radius 3 is 1.81 bits per heavy atom. The minimum atomic E-state index is -2.25. The number of anilines is 1. The van der Waals surface area contributed by atoms with Crippen LogP contribution in [-0.2, 0) is 15.2 Å². The monoisotopic (exact) mass is 355 g/mol. The molecule has 4 nitrogen and oxygen atoms in total. The van der Waals surface area contributed by atoms with Crippen molar-refractivity contribution >= 4 is 23.1 Å². The summed E-state index contributed by atoms with van der Waals surface area (Å²) in [6.45, 7) is 0. The molecule has 3 aromatic carbocycles. The average molecular weight is 355 g/mol. The predicted molar refractivity (Wildman–Crippen MR) is 104 cm³/mol. The number of benzene rings is 3. The van der Waals surface area contributed by atoms with Crippen LogP contribution < -0.4 is 4.90 Å². The Labute approximate surface area is 157 Å². The lowest BCUT2D eigenvalue weighted by molar-refractivity contribution is -0.148. The van der Waals surface area contributed by atoms with Crippen LogP contribution in [0.25, 0.3) is 5.70 Å². The molecule has 1 N–H and O–H groups in total. The van der Waals surface area contributed by atoms with E-state index in [9.17, 15) is 14.7 Å². The molecule has 1 unspecified atom stereocenters. The van der Waals surface area contributed by atoms with Crippen molar-refractivity contribution in [1.82, 2.24) is 0 Å². The highest BCUT2D eigenvalue weighted by Crippen LogP contribution is 2.38. The molecule has 3 aromatic rings. The Morgan fingerprint density at radius 1 is 0.704 bits per heavy atom. The SMILES string of the molecule is O=C1C=C(c2ccccc2)N(c2ccccc2)C(=O)C1(O)c1ccccc1. The van der Waals surface area contributed by atoms with Crippen molar-refractivity contribution in [2.24, 2.45) is 0 Å². The smallest absolute Gasteiger partial charge is 0.276 e. The van der Waals surface area contributed by atoms with Gasteiger partial charge in [-0.2, -0.15) is 0 Å². The van der Waals surface area contributed by atoms with Gasteiger partial charge in [-0.15, -0.1) is 0 Å². The van der Waals surface area contributed by atoms with Gasteiger partial charge in [0.1, 0.15) is 0 Å². The first-order valence-electron chi connectivity index (χ1n) is 8.61. The van der Waals surface area contributed by atoms with Crippen molar-refractivity contribution in [3.63, 3.8) is 0 Å². The summed E-state index contributed by atoms with van der Waals surface area (Å²) in [4.78, 5) is 27.8. The van der Waals surface area contributed by atoms with E-state index >= 15 is 0 Å². The highest BCUT2D eigenvalue weighted by molar-refractivity contribution is 6.28. The molecule has 0 aliphatic carbocycles. The van der Waals surface area contributed by atoms with E-state index in [1.807, 2.05) is 48.5 Å². The quantitative estimate of drug-likeness (QED) is 0.731. The third kappa shape index (κ3) is 2.76. The van der Waals surface area contributed by atoms with Crippen LogP contribution in [0.2, 0.25) is 0 Å². The number of amides is 1. The lowest BCUT2D eigenvalue weighted by Gasteiger charge is -2.37. The molecule has 1 amide bonds. The molecule has 0 saturated carbocycles. The molecular weight excluding hydrogens is 338 g/mol. The molecule has 0 radical (unpaired) electrons. The first-order chi connectivity index (χ1) is 13.1. The van der Waals surface area contributed by atoms with Gasteiger partial charge in [0.15, 0.2) is 0 Å². The van der Waals surface area contributed by atoms with Crippen molar-refractivity contribution < 1.29 is 14.7 Å². The molecule has 1 heterocycles. The van der Waals surface area contributed by atoms with E-state index in [4.69, 9.17) is 0 Å². The molecule has 0 spiro atoms. The molecule has 4 rings (SSSR count). The van der Waals surface area contributed by atoms with Gasteiger partial charge < -0.3 is 5.11 Å². The fraction of sp³-hybridized carbons (Fsp3) is 0.0435. The second-order valence-electron chi connectivity index (χ2n) is 6.31. The van der Waals surface area contributed by atoms with Crippen LogP contribution in [-0.4, -0.2) is 16.8 Å². The number of carbonyl (C=O) groups excluding carboxylic acids is 2. The fourth-order valence-corrected chi connectivity index (χ4v) is 3.27. The molecular formula is C23H17NO3. The maximum atomic E-state index is 13.5. The number of aliphatic hydroxyl groups is 1. The summed E-state index contributed by atoms with van der Waals surface area (Å²) in [7, 11) is 0. The molecule has 0 saturated heterocycles. The van der Waals surface area contributed by atoms with E-state index < -0.39 is 17.3 Å². The number of para-hydroxylation sites is 1.